The first-order valence-electron chi connectivity index (χ1n) is 10.9. The molecule has 0 bridgehead atoms. The molecule has 0 radical (unpaired) electrons. The van der Waals surface area contributed by atoms with E-state index in [4.69, 9.17) is 9.78 Å². The zero-order chi connectivity index (χ0) is 25.6. The largest absolute Gasteiger partial charge is 1.00 e. The van der Waals surface area contributed by atoms with Gasteiger partial charge in [-0.1, -0.05) is 28.9 Å². The molecule has 0 saturated carbocycles. The van der Waals surface area contributed by atoms with E-state index in [1.54, 1.807) is 26.0 Å². The Labute approximate surface area is 248 Å². The van der Waals surface area contributed by atoms with Gasteiger partial charge in [0.1, 0.15) is 6.10 Å². The summed E-state index contributed by atoms with van der Waals surface area (Å²) < 4.78 is 36.3. The number of ketones is 1. The number of carbonyl (C=O) groups excluding carboxylic acids is 1. The summed E-state index contributed by atoms with van der Waals surface area (Å²) in [5.41, 5.74) is 4.65. The van der Waals surface area contributed by atoms with Crippen LogP contribution in [0.1, 0.15) is 67.2 Å². The normalized spacial score (nSPS) is 18.1. The van der Waals surface area contributed by atoms with Crippen molar-refractivity contribution < 1.29 is 83.1 Å². The van der Waals surface area contributed by atoms with Crippen LogP contribution >= 0.6 is 0 Å². The van der Waals surface area contributed by atoms with Gasteiger partial charge in [0, 0.05) is 12.3 Å². The first kappa shape index (κ1) is 36.0. The fourth-order valence-electron chi connectivity index (χ4n) is 2.86. The molecular weight excluding hydrogens is 483 g/mol. The second-order valence-electron chi connectivity index (χ2n) is 8.48. The second-order valence-corrected chi connectivity index (χ2v) is 9.54. The molecule has 0 aromatic carbocycles. The summed E-state index contributed by atoms with van der Waals surface area (Å²) in [4.78, 5) is 22.5. The van der Waals surface area contributed by atoms with Crippen molar-refractivity contribution >= 4 is 16.2 Å². The summed E-state index contributed by atoms with van der Waals surface area (Å²) in [7, 11) is -4.81. The molecule has 0 saturated heterocycles. The third kappa shape index (κ3) is 18.1. The van der Waals surface area contributed by atoms with Gasteiger partial charge < -0.3 is 4.55 Å². The number of allylic oxidation sites excluding steroid dienone is 5. The maximum absolute atomic E-state index is 12.0. The van der Waals surface area contributed by atoms with Gasteiger partial charge in [-0.2, -0.15) is 0 Å². The minimum atomic E-state index is -4.81. The van der Waals surface area contributed by atoms with Crippen molar-refractivity contribution in [3.63, 3.8) is 0 Å². The minimum absolute atomic E-state index is 0. The Balaban J connectivity index is 0. The van der Waals surface area contributed by atoms with Gasteiger partial charge in [0.25, 0.3) is 0 Å². The number of Topliss-reactive ketones (excluding diaryl/α,β-unsaturated/α-hetero) is 1. The summed E-state index contributed by atoms with van der Waals surface area (Å²) in [5.74, 6) is -0.538. The molecule has 1 aliphatic carbocycles. The van der Waals surface area contributed by atoms with Crippen molar-refractivity contribution in [1.29, 1.82) is 0 Å². The fourth-order valence-corrected chi connectivity index (χ4v) is 3.14. The van der Waals surface area contributed by atoms with Gasteiger partial charge in [-0.15, -0.1) is 13.2 Å². The van der Waals surface area contributed by atoms with E-state index < -0.39 is 29.0 Å². The van der Waals surface area contributed by atoms with Crippen LogP contribution in [0.15, 0.2) is 59.3 Å². The van der Waals surface area contributed by atoms with E-state index in [1.807, 2.05) is 6.92 Å². The molecule has 34 heavy (non-hydrogen) atoms. The molecule has 0 amide bonds. The molecule has 2 unspecified atom stereocenters. The standard InChI is InChI=1S/C16H24O7S.C9H16.K/c1-5-13(10-22-24(18,19)20)14-9-15(17)12(4)8-16(14)23-21-7-6-11(2)3;1-8(2)6-5-7-9(3)4;/h5,8,14,16H,2,6-7,9-10H2,1,3-4H3,(H,18,19,20);7H,1,5-6H2,2-4H3;/q;;+1/p-1/b13-5-;;. The van der Waals surface area contributed by atoms with Crippen molar-refractivity contribution in [2.75, 3.05) is 13.2 Å². The zero-order valence-corrected chi connectivity index (χ0v) is 25.7. The Morgan fingerprint density at radius 3 is 2.24 bits per heavy atom. The predicted octanol–water partition coefficient (Wildman–Crippen LogP) is 2.54. The van der Waals surface area contributed by atoms with Gasteiger partial charge in [0.15, 0.2) is 5.78 Å². The SMILES string of the molecule is C=C(C)CCC=C(C)C.C=C(C)CCOOC1C=C(C)C(=O)CC1/C(=C\C)COS(=O)(=O)[O-].[K+]. The average molecular weight is 523 g/mol. The van der Waals surface area contributed by atoms with E-state index in [1.165, 1.54) is 11.1 Å². The van der Waals surface area contributed by atoms with Crippen molar-refractivity contribution in [2.45, 2.75) is 73.3 Å². The average Bonchev–Trinajstić information content (AvgIpc) is 2.67. The van der Waals surface area contributed by atoms with Gasteiger partial charge in [0.2, 0.25) is 10.4 Å². The molecule has 0 aromatic rings. The number of rotatable bonds is 12. The van der Waals surface area contributed by atoms with Crippen LogP contribution in [-0.2, 0) is 29.2 Å². The minimum Gasteiger partial charge on any atom is -0.726 e. The first-order valence-corrected chi connectivity index (χ1v) is 12.3. The summed E-state index contributed by atoms with van der Waals surface area (Å²) in [5, 5.41) is 0. The van der Waals surface area contributed by atoms with E-state index in [9.17, 15) is 17.8 Å². The number of carbonyl (C=O) groups is 1. The predicted molar refractivity (Wildman–Crippen MR) is 130 cm³/mol. The Morgan fingerprint density at radius 1 is 1.18 bits per heavy atom. The van der Waals surface area contributed by atoms with Crippen LogP contribution in [0.5, 0.6) is 0 Å². The van der Waals surface area contributed by atoms with Crippen molar-refractivity contribution in [2.24, 2.45) is 5.92 Å². The van der Waals surface area contributed by atoms with Crippen molar-refractivity contribution in [3.8, 4) is 0 Å². The Hall–Kier alpha value is -0.204. The van der Waals surface area contributed by atoms with Gasteiger partial charge in [-0.3, -0.25) is 8.98 Å². The number of hydrogen-bond donors (Lipinski definition) is 0. The maximum atomic E-state index is 12.0. The van der Waals surface area contributed by atoms with Gasteiger partial charge in [-0.25, -0.2) is 18.2 Å². The molecule has 1 rings (SSSR count). The monoisotopic (exact) mass is 522 g/mol. The molecule has 1 aliphatic rings. The summed E-state index contributed by atoms with van der Waals surface area (Å²) >= 11 is 0. The van der Waals surface area contributed by atoms with E-state index in [2.05, 4.69) is 44.2 Å². The van der Waals surface area contributed by atoms with Gasteiger partial charge in [0.05, 0.1) is 13.2 Å². The van der Waals surface area contributed by atoms with Crippen molar-refractivity contribution in [3.05, 3.63) is 59.3 Å². The zero-order valence-electron chi connectivity index (χ0n) is 21.8. The van der Waals surface area contributed by atoms with E-state index in [-0.39, 0.29) is 63.6 Å². The molecule has 9 heteroatoms. The van der Waals surface area contributed by atoms with Crippen LogP contribution in [0.4, 0.5) is 0 Å². The fraction of sp³-hybridized carbons (Fsp3) is 0.560. The Morgan fingerprint density at radius 2 is 1.76 bits per heavy atom. The topological polar surface area (TPSA) is 102 Å². The van der Waals surface area contributed by atoms with Gasteiger partial charge >= 0.3 is 51.4 Å². The smallest absolute Gasteiger partial charge is 0.726 e. The van der Waals surface area contributed by atoms with E-state index >= 15 is 0 Å². The third-order valence-corrected chi connectivity index (χ3v) is 5.19. The van der Waals surface area contributed by atoms with Crippen molar-refractivity contribution in [1.82, 2.24) is 0 Å². The Bertz CT molecular complexity index is 866. The molecule has 0 fully saturated rings. The molecule has 0 heterocycles. The van der Waals surface area contributed by atoms with E-state index in [0.717, 1.165) is 18.4 Å². The van der Waals surface area contributed by atoms with Crippen LogP contribution in [-0.4, -0.2) is 38.1 Å². The number of hydrogen-bond acceptors (Lipinski definition) is 7. The molecule has 7 nitrogen and oxygen atoms in total. The molecule has 188 valence electrons. The third-order valence-electron chi connectivity index (χ3n) is 4.79. The Kier molecular flexibility index (Phi) is 20.1. The van der Waals surface area contributed by atoms with Crippen LogP contribution in [0.2, 0.25) is 0 Å². The molecular formula is C25H39KO7S. The van der Waals surface area contributed by atoms with Crippen LogP contribution in [0, 0.1) is 5.92 Å². The van der Waals surface area contributed by atoms with Crippen LogP contribution < -0.4 is 51.4 Å². The second kappa shape index (κ2) is 19.0. The summed E-state index contributed by atoms with van der Waals surface area (Å²) in [6, 6.07) is 0. The van der Waals surface area contributed by atoms with Gasteiger partial charge in [-0.05, 0) is 78.0 Å². The molecule has 0 spiro atoms. The molecule has 0 N–H and O–H groups in total. The van der Waals surface area contributed by atoms with Crippen LogP contribution in [0.25, 0.3) is 0 Å². The van der Waals surface area contributed by atoms with E-state index in [0.29, 0.717) is 24.2 Å². The molecule has 0 aliphatic heterocycles. The van der Waals surface area contributed by atoms with Crippen LogP contribution in [0.3, 0.4) is 0 Å². The molecule has 0 aromatic heterocycles. The maximum Gasteiger partial charge on any atom is 1.00 e. The first-order chi connectivity index (χ1) is 15.3. The summed E-state index contributed by atoms with van der Waals surface area (Å²) in [6.07, 6.45) is 7.95. The summed E-state index contributed by atoms with van der Waals surface area (Å²) in [6.45, 7) is 19.0. The molecule has 2 atom stereocenters. The quantitative estimate of drug-likeness (QED) is 0.0738.